The van der Waals surface area contributed by atoms with Gasteiger partial charge in [-0.1, -0.05) is 15.9 Å². The molecule has 1 amide bonds. The smallest absolute Gasteiger partial charge is 0.324 e. The molecular formula is C11H10BrNO4. The maximum atomic E-state index is 11.9. The molecule has 0 atom stereocenters. The summed E-state index contributed by atoms with van der Waals surface area (Å²) in [5, 5.41) is 11.6. The van der Waals surface area contributed by atoms with Gasteiger partial charge in [0.05, 0.1) is 13.2 Å². The minimum atomic E-state index is -1.44. The molecule has 17 heavy (non-hydrogen) atoms. The van der Waals surface area contributed by atoms with Gasteiger partial charge in [-0.15, -0.1) is 0 Å². The number of ether oxygens (including phenoxy) is 1. The maximum absolute atomic E-state index is 11.9. The number of anilines is 1. The average molecular weight is 300 g/mol. The van der Waals surface area contributed by atoms with Gasteiger partial charge in [0.2, 0.25) is 5.91 Å². The van der Waals surface area contributed by atoms with Crippen molar-refractivity contribution in [2.24, 2.45) is 5.41 Å². The lowest BCUT2D eigenvalue weighted by Crippen LogP contribution is -2.57. The van der Waals surface area contributed by atoms with E-state index in [0.29, 0.717) is 5.69 Å². The molecule has 1 aromatic carbocycles. The summed E-state index contributed by atoms with van der Waals surface area (Å²) in [6.45, 7) is -0.157. The van der Waals surface area contributed by atoms with Gasteiger partial charge >= 0.3 is 5.97 Å². The summed E-state index contributed by atoms with van der Waals surface area (Å²) in [6, 6.07) is 6.91. The topological polar surface area (TPSA) is 75.6 Å². The fourth-order valence-corrected chi connectivity index (χ4v) is 1.71. The second kappa shape index (κ2) is 4.46. The number of hydrogen-bond donors (Lipinski definition) is 2. The van der Waals surface area contributed by atoms with Gasteiger partial charge in [0.25, 0.3) is 0 Å². The third-order valence-electron chi connectivity index (χ3n) is 2.64. The van der Waals surface area contributed by atoms with E-state index in [2.05, 4.69) is 21.2 Å². The van der Waals surface area contributed by atoms with Crippen LogP contribution in [0.5, 0.6) is 0 Å². The standard InChI is InChI=1S/C11H10BrNO4/c12-7-1-3-8(4-2-7)13-9(14)11(10(15)16)5-17-6-11/h1-4H,5-6H2,(H,13,14)(H,15,16). The third kappa shape index (κ3) is 2.18. The van der Waals surface area contributed by atoms with E-state index in [9.17, 15) is 9.59 Å². The van der Waals surface area contributed by atoms with Crippen LogP contribution in [0.2, 0.25) is 0 Å². The van der Waals surface area contributed by atoms with Crippen molar-refractivity contribution in [3.63, 3.8) is 0 Å². The van der Waals surface area contributed by atoms with Crippen LogP contribution in [0.15, 0.2) is 28.7 Å². The SMILES string of the molecule is O=C(O)C1(C(=O)Nc2ccc(Br)cc2)COC1. The molecule has 1 heterocycles. The molecule has 90 valence electrons. The van der Waals surface area contributed by atoms with Crippen LogP contribution in [0, 0.1) is 5.41 Å². The van der Waals surface area contributed by atoms with E-state index in [1.54, 1.807) is 24.3 Å². The summed E-state index contributed by atoms with van der Waals surface area (Å²) in [4.78, 5) is 22.9. The first kappa shape index (κ1) is 12.1. The van der Waals surface area contributed by atoms with Crippen molar-refractivity contribution < 1.29 is 19.4 Å². The largest absolute Gasteiger partial charge is 0.480 e. The summed E-state index contributed by atoms with van der Waals surface area (Å²) >= 11 is 3.27. The Bertz CT molecular complexity index is 453. The first-order valence-corrected chi connectivity index (χ1v) is 5.72. The van der Waals surface area contributed by atoms with Gasteiger partial charge in [-0.3, -0.25) is 9.59 Å². The number of halogens is 1. The normalized spacial score (nSPS) is 17.0. The number of carboxylic acids is 1. The third-order valence-corrected chi connectivity index (χ3v) is 3.17. The second-order valence-corrected chi connectivity index (χ2v) is 4.76. The number of carbonyl (C=O) groups is 2. The van der Waals surface area contributed by atoms with E-state index in [0.717, 1.165) is 4.47 Å². The van der Waals surface area contributed by atoms with Crippen molar-refractivity contribution in [3.05, 3.63) is 28.7 Å². The Labute approximate surface area is 106 Å². The zero-order valence-corrected chi connectivity index (χ0v) is 10.4. The maximum Gasteiger partial charge on any atom is 0.324 e. The van der Waals surface area contributed by atoms with Crippen molar-refractivity contribution in [1.29, 1.82) is 0 Å². The van der Waals surface area contributed by atoms with Crippen molar-refractivity contribution in [2.45, 2.75) is 0 Å². The van der Waals surface area contributed by atoms with Crippen molar-refractivity contribution in [3.8, 4) is 0 Å². The average Bonchev–Trinajstić information content (AvgIpc) is 2.19. The molecule has 0 unspecified atom stereocenters. The van der Waals surface area contributed by atoms with Crippen LogP contribution >= 0.6 is 15.9 Å². The lowest BCUT2D eigenvalue weighted by Gasteiger charge is -2.35. The van der Waals surface area contributed by atoms with Gasteiger partial charge in [0, 0.05) is 10.2 Å². The Kier molecular flexibility index (Phi) is 3.17. The van der Waals surface area contributed by atoms with Crippen molar-refractivity contribution in [1.82, 2.24) is 0 Å². The quantitative estimate of drug-likeness (QED) is 0.829. The van der Waals surface area contributed by atoms with E-state index in [-0.39, 0.29) is 13.2 Å². The van der Waals surface area contributed by atoms with E-state index in [1.165, 1.54) is 0 Å². The predicted molar refractivity (Wildman–Crippen MR) is 63.7 cm³/mol. The highest BCUT2D eigenvalue weighted by Crippen LogP contribution is 2.29. The summed E-state index contributed by atoms with van der Waals surface area (Å²) in [5.74, 6) is -1.70. The molecule has 2 N–H and O–H groups in total. The van der Waals surface area contributed by atoms with E-state index in [4.69, 9.17) is 9.84 Å². The Morgan fingerprint density at radius 2 is 1.88 bits per heavy atom. The van der Waals surface area contributed by atoms with Crippen LogP contribution < -0.4 is 5.32 Å². The molecule has 1 fully saturated rings. The molecule has 1 aromatic rings. The first-order chi connectivity index (χ1) is 8.04. The number of benzene rings is 1. The number of hydrogen-bond acceptors (Lipinski definition) is 3. The molecule has 1 aliphatic rings. The number of carbonyl (C=O) groups excluding carboxylic acids is 1. The fraction of sp³-hybridized carbons (Fsp3) is 0.273. The van der Waals surface area contributed by atoms with Gasteiger partial charge in [-0.2, -0.15) is 0 Å². The minimum absolute atomic E-state index is 0.0787. The molecule has 5 nitrogen and oxygen atoms in total. The van der Waals surface area contributed by atoms with Crippen molar-refractivity contribution >= 4 is 33.5 Å². The Morgan fingerprint density at radius 1 is 1.29 bits per heavy atom. The molecule has 0 bridgehead atoms. The molecule has 6 heteroatoms. The zero-order chi connectivity index (χ0) is 12.5. The van der Waals surface area contributed by atoms with Gasteiger partial charge in [0.15, 0.2) is 5.41 Å². The molecule has 1 aliphatic heterocycles. The van der Waals surface area contributed by atoms with E-state index < -0.39 is 17.3 Å². The van der Waals surface area contributed by atoms with Crippen LogP contribution in [0.1, 0.15) is 0 Å². The van der Waals surface area contributed by atoms with Gasteiger partial charge in [-0.25, -0.2) is 0 Å². The number of aliphatic carboxylic acids is 1. The highest BCUT2D eigenvalue weighted by Gasteiger charge is 2.53. The van der Waals surface area contributed by atoms with Gasteiger partial charge in [0.1, 0.15) is 0 Å². The van der Waals surface area contributed by atoms with Crippen LogP contribution in [-0.2, 0) is 14.3 Å². The number of amides is 1. The lowest BCUT2D eigenvalue weighted by atomic mass is 9.85. The van der Waals surface area contributed by atoms with E-state index >= 15 is 0 Å². The van der Waals surface area contributed by atoms with Crippen molar-refractivity contribution in [2.75, 3.05) is 18.5 Å². The molecule has 0 saturated carbocycles. The lowest BCUT2D eigenvalue weighted by molar-refractivity contribution is -0.182. The van der Waals surface area contributed by atoms with E-state index in [1.807, 2.05) is 0 Å². The minimum Gasteiger partial charge on any atom is -0.480 e. The summed E-state index contributed by atoms with van der Waals surface area (Å²) in [6.07, 6.45) is 0. The number of nitrogens with one attached hydrogen (secondary N) is 1. The fourth-order valence-electron chi connectivity index (χ4n) is 1.44. The van der Waals surface area contributed by atoms with Crippen LogP contribution in [0.4, 0.5) is 5.69 Å². The monoisotopic (exact) mass is 299 g/mol. The highest BCUT2D eigenvalue weighted by molar-refractivity contribution is 9.10. The van der Waals surface area contributed by atoms with Crippen LogP contribution in [-0.4, -0.2) is 30.2 Å². The molecular weight excluding hydrogens is 290 g/mol. The Hall–Kier alpha value is -1.40. The van der Waals surface area contributed by atoms with Crippen LogP contribution in [0.3, 0.4) is 0 Å². The van der Waals surface area contributed by atoms with Gasteiger partial charge < -0.3 is 15.2 Å². The summed E-state index contributed by atoms with van der Waals surface area (Å²) in [7, 11) is 0. The zero-order valence-electron chi connectivity index (χ0n) is 8.77. The Balaban J connectivity index is 2.11. The molecule has 0 radical (unpaired) electrons. The van der Waals surface area contributed by atoms with Crippen LogP contribution in [0.25, 0.3) is 0 Å². The first-order valence-electron chi connectivity index (χ1n) is 4.93. The molecule has 0 spiro atoms. The summed E-state index contributed by atoms with van der Waals surface area (Å²) in [5.41, 5.74) is -0.877. The molecule has 0 aliphatic carbocycles. The molecule has 1 saturated heterocycles. The number of rotatable bonds is 3. The highest BCUT2D eigenvalue weighted by atomic mass is 79.9. The van der Waals surface area contributed by atoms with Gasteiger partial charge in [-0.05, 0) is 24.3 Å². The molecule has 0 aromatic heterocycles. The predicted octanol–water partition coefficient (Wildman–Crippen LogP) is 1.49. The molecule has 2 rings (SSSR count). The second-order valence-electron chi connectivity index (χ2n) is 3.84. The Morgan fingerprint density at radius 3 is 2.29 bits per heavy atom. The summed E-state index contributed by atoms with van der Waals surface area (Å²) < 4.78 is 5.71. The number of carboxylic acid groups (broad SMARTS) is 1.